The van der Waals surface area contributed by atoms with Crippen LogP contribution < -0.4 is 5.32 Å². The van der Waals surface area contributed by atoms with E-state index in [-0.39, 0.29) is 11.4 Å². The molecular weight excluding hydrogens is 297 g/mol. The summed E-state index contributed by atoms with van der Waals surface area (Å²) in [5.74, 6) is 0.283. The van der Waals surface area contributed by atoms with Crippen molar-refractivity contribution in [3.05, 3.63) is 76.6 Å². The van der Waals surface area contributed by atoms with E-state index >= 15 is 0 Å². The average Bonchev–Trinajstić information content (AvgIpc) is 2.56. The summed E-state index contributed by atoms with van der Waals surface area (Å²) in [4.78, 5) is 0. The highest BCUT2D eigenvalue weighted by Crippen LogP contribution is 2.26. The molecule has 0 aromatic heterocycles. The first-order valence-corrected chi connectivity index (χ1v) is 7.45. The second-order valence-electron chi connectivity index (χ2n) is 4.33. The fourth-order valence-corrected chi connectivity index (χ4v) is 2.62. The number of anilines is 1. The normalized spacial score (nSPS) is 9.41. The van der Waals surface area contributed by atoms with Gasteiger partial charge in [-0.2, -0.15) is 10.5 Å². The third-order valence-electron chi connectivity index (χ3n) is 2.78. The minimum atomic E-state index is -0.339. The Morgan fingerprint density at radius 3 is 2.23 bits per heavy atom. The highest BCUT2D eigenvalue weighted by atomic mass is 32.2. The van der Waals surface area contributed by atoms with Crippen molar-refractivity contribution in [1.82, 2.24) is 0 Å². The number of nitrogens with zero attached hydrogens (tertiary/aromatic N) is 2. The van der Waals surface area contributed by atoms with E-state index in [0.29, 0.717) is 16.5 Å². The van der Waals surface area contributed by atoms with Gasteiger partial charge in [0.15, 0.2) is 5.57 Å². The molecule has 22 heavy (non-hydrogen) atoms. The third-order valence-corrected chi connectivity index (χ3v) is 3.85. The summed E-state index contributed by atoms with van der Waals surface area (Å²) in [5, 5.41) is 21.6. The first-order chi connectivity index (χ1) is 10.7. The van der Waals surface area contributed by atoms with Gasteiger partial charge in [0.1, 0.15) is 23.0 Å². The van der Waals surface area contributed by atoms with Crippen molar-refractivity contribution in [2.24, 2.45) is 0 Å². The monoisotopic (exact) mass is 309 g/mol. The third kappa shape index (κ3) is 4.37. The fourth-order valence-electron chi connectivity index (χ4n) is 1.69. The minimum absolute atomic E-state index is 0.00487. The molecule has 5 heteroatoms. The number of hydrogen-bond acceptors (Lipinski definition) is 4. The van der Waals surface area contributed by atoms with Gasteiger partial charge in [-0.3, -0.25) is 0 Å². The van der Waals surface area contributed by atoms with Crippen molar-refractivity contribution in [3.8, 4) is 12.1 Å². The van der Waals surface area contributed by atoms with Crippen molar-refractivity contribution in [2.75, 3.05) is 5.32 Å². The van der Waals surface area contributed by atoms with E-state index in [2.05, 4.69) is 5.32 Å². The molecule has 2 aromatic rings. The van der Waals surface area contributed by atoms with Gasteiger partial charge in [-0.05, 0) is 29.8 Å². The first kappa shape index (κ1) is 15.6. The molecular formula is C17H12FN3S. The molecule has 3 nitrogen and oxygen atoms in total. The van der Waals surface area contributed by atoms with E-state index in [0.717, 1.165) is 5.56 Å². The van der Waals surface area contributed by atoms with Gasteiger partial charge in [-0.15, -0.1) is 11.8 Å². The van der Waals surface area contributed by atoms with Crippen LogP contribution in [0.15, 0.2) is 65.2 Å². The molecule has 0 unspecified atom stereocenters. The zero-order valence-corrected chi connectivity index (χ0v) is 12.4. The number of allylic oxidation sites excluding steroid dienone is 1. The molecule has 0 bridgehead atoms. The maximum Gasteiger partial charge on any atom is 0.159 e. The lowest BCUT2D eigenvalue weighted by atomic mass is 10.2. The number of nitriles is 2. The maximum absolute atomic E-state index is 12.9. The molecule has 2 aromatic carbocycles. The molecule has 0 amide bonds. The predicted molar refractivity (Wildman–Crippen MR) is 86.0 cm³/mol. The molecule has 0 heterocycles. The molecule has 0 aliphatic carbocycles. The van der Waals surface area contributed by atoms with Crippen LogP contribution in [-0.2, 0) is 5.75 Å². The van der Waals surface area contributed by atoms with Gasteiger partial charge in [-0.1, -0.05) is 30.3 Å². The molecule has 0 atom stereocenters. The van der Waals surface area contributed by atoms with Crippen LogP contribution in [-0.4, -0.2) is 0 Å². The van der Waals surface area contributed by atoms with Gasteiger partial charge in [0.2, 0.25) is 0 Å². The Morgan fingerprint density at radius 2 is 1.64 bits per heavy atom. The Labute approximate surface area is 132 Å². The van der Waals surface area contributed by atoms with Gasteiger partial charge in [0.05, 0.1) is 0 Å². The van der Waals surface area contributed by atoms with Gasteiger partial charge in [0.25, 0.3) is 0 Å². The topological polar surface area (TPSA) is 59.6 Å². The quantitative estimate of drug-likeness (QED) is 0.830. The van der Waals surface area contributed by atoms with E-state index in [1.807, 2.05) is 42.5 Å². The molecule has 0 saturated heterocycles. The van der Waals surface area contributed by atoms with Gasteiger partial charge < -0.3 is 5.32 Å². The maximum atomic E-state index is 12.9. The predicted octanol–water partition coefficient (Wildman–Crippen LogP) is 4.43. The second kappa shape index (κ2) is 7.87. The van der Waals surface area contributed by atoms with Crippen molar-refractivity contribution >= 4 is 17.4 Å². The van der Waals surface area contributed by atoms with Gasteiger partial charge >= 0.3 is 0 Å². The lowest BCUT2D eigenvalue weighted by molar-refractivity contribution is 0.628. The highest BCUT2D eigenvalue weighted by Gasteiger charge is 2.08. The van der Waals surface area contributed by atoms with Crippen molar-refractivity contribution in [1.29, 1.82) is 10.5 Å². The van der Waals surface area contributed by atoms with Crippen LogP contribution in [0.5, 0.6) is 0 Å². The molecule has 2 rings (SSSR count). The van der Waals surface area contributed by atoms with Crippen LogP contribution in [0.25, 0.3) is 0 Å². The zero-order valence-electron chi connectivity index (χ0n) is 11.6. The lowest BCUT2D eigenvalue weighted by Crippen LogP contribution is -2.00. The van der Waals surface area contributed by atoms with Crippen LogP contribution in [0, 0.1) is 28.5 Å². The SMILES string of the molecule is N#CC(C#N)=C(Nc1ccc(F)cc1)SCc1ccccc1. The van der Waals surface area contributed by atoms with E-state index in [1.165, 1.54) is 23.9 Å². The summed E-state index contributed by atoms with van der Waals surface area (Å²) >= 11 is 1.36. The molecule has 1 N–H and O–H groups in total. The zero-order chi connectivity index (χ0) is 15.8. The van der Waals surface area contributed by atoms with Gasteiger partial charge in [-0.25, -0.2) is 4.39 Å². The smallest absolute Gasteiger partial charge is 0.159 e. The van der Waals surface area contributed by atoms with E-state index in [4.69, 9.17) is 10.5 Å². The van der Waals surface area contributed by atoms with E-state index in [9.17, 15) is 4.39 Å². The number of benzene rings is 2. The minimum Gasteiger partial charge on any atom is -0.349 e. The largest absolute Gasteiger partial charge is 0.349 e. The van der Waals surface area contributed by atoms with Crippen LogP contribution in [0.3, 0.4) is 0 Å². The van der Waals surface area contributed by atoms with Crippen LogP contribution in [0.4, 0.5) is 10.1 Å². The lowest BCUT2D eigenvalue weighted by Gasteiger charge is -2.11. The van der Waals surface area contributed by atoms with Crippen molar-refractivity contribution in [3.63, 3.8) is 0 Å². The number of hydrogen-bond donors (Lipinski definition) is 1. The Hall–Kier alpha value is -2.76. The standard InChI is InChI=1S/C17H12FN3S/c18-15-6-8-16(9-7-15)21-17(14(10-19)11-20)22-12-13-4-2-1-3-5-13/h1-9,21H,12H2. The second-order valence-corrected chi connectivity index (χ2v) is 5.32. The Kier molecular flexibility index (Phi) is 5.59. The number of thioether (sulfide) groups is 1. The summed E-state index contributed by atoms with van der Waals surface area (Å²) < 4.78 is 12.9. The number of nitrogens with one attached hydrogen (secondary N) is 1. The van der Waals surface area contributed by atoms with E-state index in [1.54, 1.807) is 12.1 Å². The molecule has 0 radical (unpaired) electrons. The summed E-state index contributed by atoms with van der Waals surface area (Å²) in [7, 11) is 0. The van der Waals surface area contributed by atoms with Crippen molar-refractivity contribution in [2.45, 2.75) is 5.75 Å². The summed E-state index contributed by atoms with van der Waals surface area (Å²) in [5.41, 5.74) is 1.71. The Bertz CT molecular complexity index is 724. The van der Waals surface area contributed by atoms with Gasteiger partial charge in [0, 0.05) is 11.4 Å². The van der Waals surface area contributed by atoms with Crippen molar-refractivity contribution < 1.29 is 4.39 Å². The molecule has 0 aliphatic rings. The average molecular weight is 309 g/mol. The van der Waals surface area contributed by atoms with Crippen LogP contribution in [0.2, 0.25) is 0 Å². The summed E-state index contributed by atoms with van der Waals surface area (Å²) in [6.07, 6.45) is 0. The Morgan fingerprint density at radius 1 is 1.00 bits per heavy atom. The van der Waals surface area contributed by atoms with Crippen LogP contribution in [0.1, 0.15) is 5.56 Å². The summed E-state index contributed by atoms with van der Waals surface area (Å²) in [6.45, 7) is 0. The molecule has 0 fully saturated rings. The van der Waals surface area contributed by atoms with Crippen LogP contribution >= 0.6 is 11.8 Å². The molecule has 0 spiro atoms. The van der Waals surface area contributed by atoms with E-state index < -0.39 is 0 Å². The number of halogens is 1. The Balaban J connectivity index is 2.17. The number of rotatable bonds is 5. The fraction of sp³-hybridized carbons (Fsp3) is 0.0588. The first-order valence-electron chi connectivity index (χ1n) is 6.46. The molecule has 108 valence electrons. The summed E-state index contributed by atoms with van der Waals surface area (Å²) in [6, 6.07) is 19.3. The highest BCUT2D eigenvalue weighted by molar-refractivity contribution is 8.02. The molecule has 0 saturated carbocycles. The molecule has 0 aliphatic heterocycles.